The largest absolute Gasteiger partial charge is 0.507 e. The lowest BCUT2D eigenvalue weighted by Crippen LogP contribution is -2.11. The van der Waals surface area contributed by atoms with Gasteiger partial charge in [-0.1, -0.05) is 24.3 Å². The highest BCUT2D eigenvalue weighted by Crippen LogP contribution is 2.29. The monoisotopic (exact) mass is 298 g/mol. The number of phenolic OH excluding ortho intramolecular Hbond substituents is 1. The van der Waals surface area contributed by atoms with Gasteiger partial charge in [0.05, 0.1) is 16.7 Å². The van der Waals surface area contributed by atoms with E-state index in [4.69, 9.17) is 0 Å². The van der Waals surface area contributed by atoms with Crippen molar-refractivity contribution in [2.45, 2.75) is 17.6 Å². The predicted molar refractivity (Wildman–Crippen MR) is 84.8 cm³/mol. The molecule has 3 rings (SSSR count). The smallest absolute Gasteiger partial charge is 0.258 e. The number of aryl methyl sites for hydroxylation is 1. The molecule has 0 spiro atoms. The van der Waals surface area contributed by atoms with E-state index >= 15 is 0 Å². The number of hydrogen-bond donors (Lipinski definition) is 2. The number of thioether (sulfide) groups is 1. The Kier molecular flexibility index (Phi) is 3.66. The molecule has 0 fully saturated rings. The van der Waals surface area contributed by atoms with Gasteiger partial charge in [-0.15, -0.1) is 11.8 Å². The number of nitrogens with zero attached hydrogens (tertiary/aromatic N) is 1. The fourth-order valence-electron chi connectivity index (χ4n) is 2.15. The van der Waals surface area contributed by atoms with Crippen molar-refractivity contribution >= 4 is 22.7 Å². The molecule has 0 aliphatic rings. The van der Waals surface area contributed by atoms with E-state index in [1.54, 1.807) is 18.2 Å². The maximum atomic E-state index is 12.1. The van der Waals surface area contributed by atoms with Crippen LogP contribution in [0.15, 0.2) is 52.2 Å². The second kappa shape index (κ2) is 5.61. The Morgan fingerprint density at radius 2 is 2.00 bits per heavy atom. The Bertz CT molecular complexity index is 858. The van der Waals surface area contributed by atoms with Gasteiger partial charge in [-0.25, -0.2) is 4.98 Å². The average Bonchev–Trinajstić information content (AvgIpc) is 2.48. The average molecular weight is 298 g/mol. The van der Waals surface area contributed by atoms with E-state index in [-0.39, 0.29) is 11.3 Å². The fourth-order valence-corrected chi connectivity index (χ4v) is 2.97. The van der Waals surface area contributed by atoms with Crippen molar-refractivity contribution in [2.24, 2.45) is 0 Å². The minimum absolute atomic E-state index is 0.128. The topological polar surface area (TPSA) is 66.0 Å². The van der Waals surface area contributed by atoms with E-state index < -0.39 is 0 Å². The van der Waals surface area contributed by atoms with Gasteiger partial charge < -0.3 is 10.1 Å². The van der Waals surface area contributed by atoms with Gasteiger partial charge in [-0.2, -0.15) is 0 Å². The molecular formula is C16H14N2O2S. The zero-order chi connectivity index (χ0) is 14.8. The number of H-pyrrole nitrogens is 1. The van der Waals surface area contributed by atoms with Gasteiger partial charge in [-0.3, -0.25) is 4.79 Å². The Hall–Kier alpha value is -2.27. The van der Waals surface area contributed by atoms with Gasteiger partial charge in [0.25, 0.3) is 5.56 Å². The van der Waals surface area contributed by atoms with Gasteiger partial charge in [0.2, 0.25) is 0 Å². The molecule has 0 saturated heterocycles. The third-order valence-electron chi connectivity index (χ3n) is 3.22. The Balaban J connectivity index is 1.93. The molecule has 4 nitrogen and oxygen atoms in total. The third-order valence-corrected chi connectivity index (χ3v) is 4.29. The number of para-hydroxylation sites is 2. The third kappa shape index (κ3) is 2.78. The lowest BCUT2D eigenvalue weighted by molar-refractivity contribution is 0.462. The summed E-state index contributed by atoms with van der Waals surface area (Å²) in [5.41, 5.74) is 1.58. The summed E-state index contributed by atoms with van der Waals surface area (Å²) in [4.78, 5) is 20.2. The van der Waals surface area contributed by atoms with Crippen molar-refractivity contribution < 1.29 is 5.11 Å². The van der Waals surface area contributed by atoms with Crippen LogP contribution in [0.1, 0.15) is 11.4 Å². The maximum Gasteiger partial charge on any atom is 0.258 e. The van der Waals surface area contributed by atoms with Crippen LogP contribution in [0.4, 0.5) is 0 Å². The molecule has 3 aromatic rings. The molecule has 2 N–H and O–H groups in total. The van der Waals surface area contributed by atoms with Gasteiger partial charge in [0.1, 0.15) is 11.6 Å². The van der Waals surface area contributed by atoms with Crippen molar-refractivity contribution in [3.8, 4) is 5.75 Å². The van der Waals surface area contributed by atoms with Crippen LogP contribution in [-0.2, 0) is 5.75 Å². The Morgan fingerprint density at radius 3 is 2.81 bits per heavy atom. The summed E-state index contributed by atoms with van der Waals surface area (Å²) in [6.07, 6.45) is 0. The summed E-state index contributed by atoms with van der Waals surface area (Å²) in [6, 6.07) is 12.7. The van der Waals surface area contributed by atoms with E-state index in [0.29, 0.717) is 17.0 Å². The fraction of sp³-hybridized carbons (Fsp3) is 0.125. The first-order chi connectivity index (χ1) is 10.1. The zero-order valence-corrected chi connectivity index (χ0v) is 12.3. The molecule has 2 aromatic carbocycles. The number of rotatable bonds is 3. The zero-order valence-electron chi connectivity index (χ0n) is 11.5. The molecule has 0 amide bonds. The van der Waals surface area contributed by atoms with Crippen molar-refractivity contribution in [3.05, 3.63) is 64.2 Å². The van der Waals surface area contributed by atoms with Crippen LogP contribution in [0, 0.1) is 6.92 Å². The molecule has 0 aliphatic carbocycles. The first kappa shape index (κ1) is 13.7. The number of aromatic amines is 1. The maximum absolute atomic E-state index is 12.1. The highest BCUT2D eigenvalue weighted by atomic mass is 32.2. The molecule has 0 saturated carbocycles. The molecule has 5 heteroatoms. The summed E-state index contributed by atoms with van der Waals surface area (Å²) in [7, 11) is 0. The van der Waals surface area contributed by atoms with E-state index in [9.17, 15) is 9.90 Å². The van der Waals surface area contributed by atoms with Gasteiger partial charge >= 0.3 is 0 Å². The number of aromatic hydroxyl groups is 1. The summed E-state index contributed by atoms with van der Waals surface area (Å²) >= 11 is 1.44. The predicted octanol–water partition coefficient (Wildman–Crippen LogP) is 3.23. The summed E-state index contributed by atoms with van der Waals surface area (Å²) in [5.74, 6) is 1.34. The number of nitrogens with one attached hydrogen (secondary N) is 1. The minimum Gasteiger partial charge on any atom is -0.507 e. The quantitative estimate of drug-likeness (QED) is 0.729. The van der Waals surface area contributed by atoms with Crippen molar-refractivity contribution in [1.29, 1.82) is 0 Å². The normalized spacial score (nSPS) is 10.9. The number of phenols is 1. The number of fused-ring (bicyclic) bond motifs is 1. The highest BCUT2D eigenvalue weighted by molar-refractivity contribution is 7.98. The molecule has 1 heterocycles. The van der Waals surface area contributed by atoms with Gasteiger partial charge in [0.15, 0.2) is 0 Å². The second-order valence-corrected chi connectivity index (χ2v) is 5.76. The van der Waals surface area contributed by atoms with Crippen molar-refractivity contribution in [1.82, 2.24) is 9.97 Å². The summed E-state index contributed by atoms with van der Waals surface area (Å²) < 4.78 is 0. The second-order valence-electron chi connectivity index (χ2n) is 4.74. The summed E-state index contributed by atoms with van der Waals surface area (Å²) in [5, 5.41) is 10.3. The van der Waals surface area contributed by atoms with Gasteiger partial charge in [-0.05, 0) is 30.7 Å². The van der Waals surface area contributed by atoms with E-state index in [1.165, 1.54) is 11.8 Å². The standard InChI is InChI=1S/C16H14N2O2S/c1-10-5-4-6-11-15(10)17-14(18-16(11)20)9-21-13-8-3-2-7-12(13)19/h2-8,19H,9H2,1H3,(H,17,18,20). The molecule has 21 heavy (non-hydrogen) atoms. The van der Waals surface area contributed by atoms with E-state index in [1.807, 2.05) is 31.2 Å². The Morgan fingerprint density at radius 1 is 1.19 bits per heavy atom. The minimum atomic E-state index is -0.128. The van der Waals surface area contributed by atoms with Crippen LogP contribution >= 0.6 is 11.8 Å². The van der Waals surface area contributed by atoms with Crippen molar-refractivity contribution in [3.63, 3.8) is 0 Å². The van der Waals surface area contributed by atoms with Crippen LogP contribution in [-0.4, -0.2) is 15.1 Å². The summed E-state index contributed by atoms with van der Waals surface area (Å²) in [6.45, 7) is 1.94. The molecular weight excluding hydrogens is 284 g/mol. The molecule has 0 atom stereocenters. The lowest BCUT2D eigenvalue weighted by Gasteiger charge is -2.06. The van der Waals surface area contributed by atoms with Crippen LogP contribution in [0.25, 0.3) is 10.9 Å². The van der Waals surface area contributed by atoms with Crippen molar-refractivity contribution in [2.75, 3.05) is 0 Å². The molecule has 0 radical (unpaired) electrons. The SMILES string of the molecule is Cc1cccc2c(=O)[nH]c(CSc3ccccc3O)nc12. The molecule has 106 valence electrons. The van der Waals surface area contributed by atoms with E-state index in [0.717, 1.165) is 16.0 Å². The number of aromatic nitrogens is 2. The number of hydrogen-bond acceptors (Lipinski definition) is 4. The van der Waals surface area contributed by atoms with Crippen LogP contribution < -0.4 is 5.56 Å². The Labute approximate surface area is 125 Å². The van der Waals surface area contributed by atoms with Crippen LogP contribution in [0.2, 0.25) is 0 Å². The first-order valence-corrected chi connectivity index (χ1v) is 7.53. The van der Waals surface area contributed by atoms with Crippen LogP contribution in [0.5, 0.6) is 5.75 Å². The van der Waals surface area contributed by atoms with Crippen LogP contribution in [0.3, 0.4) is 0 Å². The molecule has 0 aliphatic heterocycles. The molecule has 0 bridgehead atoms. The lowest BCUT2D eigenvalue weighted by atomic mass is 10.1. The van der Waals surface area contributed by atoms with E-state index in [2.05, 4.69) is 9.97 Å². The van der Waals surface area contributed by atoms with Gasteiger partial charge in [0, 0.05) is 4.90 Å². The number of benzene rings is 2. The molecule has 0 unspecified atom stereocenters. The highest BCUT2D eigenvalue weighted by Gasteiger charge is 2.07. The first-order valence-electron chi connectivity index (χ1n) is 6.54. The molecule has 1 aromatic heterocycles.